The molecule has 4 rings (SSSR count). The Morgan fingerprint density at radius 1 is 0.818 bits per heavy atom. The van der Waals surface area contributed by atoms with Crippen molar-refractivity contribution in [3.63, 3.8) is 0 Å². The highest BCUT2D eigenvalue weighted by Gasteiger charge is 2.16. The van der Waals surface area contributed by atoms with Crippen LogP contribution in [-0.4, -0.2) is 25.3 Å². The van der Waals surface area contributed by atoms with E-state index in [-0.39, 0.29) is 0 Å². The summed E-state index contributed by atoms with van der Waals surface area (Å²) in [6.07, 6.45) is 2.65. The van der Waals surface area contributed by atoms with Gasteiger partial charge in [-0.15, -0.1) is 0 Å². The van der Waals surface area contributed by atoms with Crippen molar-refractivity contribution in [2.24, 2.45) is 0 Å². The molecule has 0 atom stereocenters. The van der Waals surface area contributed by atoms with Crippen molar-refractivity contribution in [2.45, 2.75) is 6.92 Å². The number of benzene rings is 4. The van der Waals surface area contributed by atoms with Crippen molar-refractivity contribution in [3.05, 3.63) is 90.0 Å². The molecule has 5 nitrogen and oxygen atoms in total. The van der Waals surface area contributed by atoms with Crippen molar-refractivity contribution in [1.29, 1.82) is 0 Å². The molecule has 4 aromatic carbocycles. The van der Waals surface area contributed by atoms with E-state index in [2.05, 4.69) is 13.0 Å². The zero-order valence-electron chi connectivity index (χ0n) is 18.7. The third-order valence-electron chi connectivity index (χ3n) is 5.40. The summed E-state index contributed by atoms with van der Waals surface area (Å²) in [6, 6.07) is 23.2. The predicted molar refractivity (Wildman–Crippen MR) is 130 cm³/mol. The maximum atomic E-state index is 10.8. The van der Waals surface area contributed by atoms with Gasteiger partial charge in [0.15, 0.2) is 0 Å². The van der Waals surface area contributed by atoms with E-state index in [1.54, 1.807) is 20.3 Å². The monoisotopic (exact) mass is 440 g/mol. The van der Waals surface area contributed by atoms with Crippen molar-refractivity contribution in [2.75, 3.05) is 14.2 Å². The number of rotatable bonds is 7. The minimum Gasteiger partial charge on any atom is -0.497 e. The van der Waals surface area contributed by atoms with Crippen molar-refractivity contribution < 1.29 is 24.1 Å². The summed E-state index contributed by atoms with van der Waals surface area (Å²) in [5, 5.41) is 10.8. The topological polar surface area (TPSA) is 65.0 Å². The summed E-state index contributed by atoms with van der Waals surface area (Å²) in [7, 11) is 3.29. The van der Waals surface area contributed by atoms with Gasteiger partial charge in [-0.25, -0.2) is 4.79 Å². The Bertz CT molecular complexity index is 1320. The number of aliphatic carboxylic acids is 1. The highest BCUT2D eigenvalue weighted by molar-refractivity contribution is 5.98. The Hall–Kier alpha value is -4.25. The molecular formula is C28H24O5. The molecular weight excluding hydrogens is 416 g/mol. The minimum absolute atomic E-state index is 0.645. The van der Waals surface area contributed by atoms with E-state index < -0.39 is 5.97 Å². The number of aryl methyl sites for hydroxylation is 1. The molecule has 4 aromatic rings. The lowest BCUT2D eigenvalue weighted by Crippen LogP contribution is -1.95. The summed E-state index contributed by atoms with van der Waals surface area (Å²) in [5.74, 6) is 1.91. The summed E-state index contributed by atoms with van der Waals surface area (Å²) >= 11 is 0. The second-order valence-corrected chi connectivity index (χ2v) is 7.56. The quantitative estimate of drug-likeness (QED) is 0.323. The highest BCUT2D eigenvalue weighted by atomic mass is 16.5. The van der Waals surface area contributed by atoms with Crippen LogP contribution in [0, 0.1) is 6.92 Å². The molecule has 0 bridgehead atoms. The van der Waals surface area contributed by atoms with E-state index >= 15 is 0 Å². The van der Waals surface area contributed by atoms with Gasteiger partial charge in [0.2, 0.25) is 0 Å². The van der Waals surface area contributed by atoms with Crippen molar-refractivity contribution in [1.82, 2.24) is 0 Å². The Balaban J connectivity index is 1.85. The molecule has 0 fully saturated rings. The van der Waals surface area contributed by atoms with E-state index in [9.17, 15) is 4.79 Å². The van der Waals surface area contributed by atoms with E-state index in [4.69, 9.17) is 19.3 Å². The molecule has 33 heavy (non-hydrogen) atoms. The molecule has 0 saturated carbocycles. The Labute approximate surface area is 192 Å². The fourth-order valence-electron chi connectivity index (χ4n) is 3.76. The number of hydrogen-bond acceptors (Lipinski definition) is 4. The van der Waals surface area contributed by atoms with Gasteiger partial charge in [0.25, 0.3) is 0 Å². The molecule has 0 aliphatic heterocycles. The maximum absolute atomic E-state index is 10.8. The molecule has 1 N–H and O–H groups in total. The third-order valence-corrected chi connectivity index (χ3v) is 5.40. The van der Waals surface area contributed by atoms with Crippen LogP contribution < -0.4 is 14.2 Å². The number of carbonyl (C=O) groups is 1. The normalized spacial score (nSPS) is 11.0. The SMILES string of the molecule is COc1ccc(-c2c(C)cc3ccc(OC)cc3c2Oc2ccc(C=CC(=O)O)cc2)cc1. The number of carboxylic acid groups (broad SMARTS) is 1. The van der Waals surface area contributed by atoms with Crippen LogP contribution in [0.3, 0.4) is 0 Å². The smallest absolute Gasteiger partial charge is 0.328 e. The minimum atomic E-state index is -0.986. The largest absolute Gasteiger partial charge is 0.497 e. The molecule has 0 aromatic heterocycles. The van der Waals surface area contributed by atoms with Crippen LogP contribution in [-0.2, 0) is 4.79 Å². The van der Waals surface area contributed by atoms with Gasteiger partial charge in [0, 0.05) is 17.0 Å². The van der Waals surface area contributed by atoms with Gasteiger partial charge < -0.3 is 19.3 Å². The maximum Gasteiger partial charge on any atom is 0.328 e. The van der Waals surface area contributed by atoms with Gasteiger partial charge >= 0.3 is 5.97 Å². The molecule has 5 heteroatoms. The fraction of sp³-hybridized carbons (Fsp3) is 0.107. The lowest BCUT2D eigenvalue weighted by atomic mass is 9.94. The van der Waals surface area contributed by atoms with Gasteiger partial charge in [-0.05, 0) is 71.5 Å². The Kier molecular flexibility index (Phi) is 6.31. The molecule has 0 radical (unpaired) electrons. The lowest BCUT2D eigenvalue weighted by Gasteiger charge is -2.18. The van der Waals surface area contributed by atoms with Crippen LogP contribution in [0.15, 0.2) is 78.9 Å². The first-order valence-electron chi connectivity index (χ1n) is 10.4. The van der Waals surface area contributed by atoms with Gasteiger partial charge in [-0.3, -0.25) is 0 Å². The number of hydrogen-bond donors (Lipinski definition) is 1. The van der Waals surface area contributed by atoms with Crippen LogP contribution in [0.25, 0.3) is 28.0 Å². The molecule has 0 spiro atoms. The van der Waals surface area contributed by atoms with Gasteiger partial charge in [-0.1, -0.05) is 36.4 Å². The van der Waals surface area contributed by atoms with Crippen LogP contribution in [0.4, 0.5) is 0 Å². The first-order valence-corrected chi connectivity index (χ1v) is 10.4. The molecule has 0 heterocycles. The molecule has 0 unspecified atom stereocenters. The molecule has 0 saturated heterocycles. The van der Waals surface area contributed by atoms with Crippen LogP contribution in [0.5, 0.6) is 23.0 Å². The molecule has 166 valence electrons. The summed E-state index contributed by atoms with van der Waals surface area (Å²) < 4.78 is 17.3. The highest BCUT2D eigenvalue weighted by Crippen LogP contribution is 2.43. The number of fused-ring (bicyclic) bond motifs is 1. The number of carboxylic acids is 1. The first kappa shape index (κ1) is 22.0. The fourth-order valence-corrected chi connectivity index (χ4v) is 3.76. The third kappa shape index (κ3) is 4.83. The second-order valence-electron chi connectivity index (χ2n) is 7.56. The first-order chi connectivity index (χ1) is 16.0. The average molecular weight is 440 g/mol. The number of ether oxygens (including phenoxy) is 3. The van der Waals surface area contributed by atoms with E-state index in [1.165, 1.54) is 0 Å². The summed E-state index contributed by atoms with van der Waals surface area (Å²) in [6.45, 7) is 2.07. The van der Waals surface area contributed by atoms with E-state index in [0.29, 0.717) is 5.75 Å². The van der Waals surface area contributed by atoms with Crippen LogP contribution >= 0.6 is 0 Å². The Morgan fingerprint density at radius 2 is 1.45 bits per heavy atom. The Morgan fingerprint density at radius 3 is 2.09 bits per heavy atom. The molecule has 0 amide bonds. The van der Waals surface area contributed by atoms with Crippen molar-refractivity contribution in [3.8, 4) is 34.1 Å². The average Bonchev–Trinajstić information content (AvgIpc) is 2.83. The van der Waals surface area contributed by atoms with Crippen LogP contribution in [0.2, 0.25) is 0 Å². The van der Waals surface area contributed by atoms with E-state index in [0.717, 1.165) is 56.4 Å². The van der Waals surface area contributed by atoms with Gasteiger partial charge in [-0.2, -0.15) is 0 Å². The predicted octanol–water partition coefficient (Wildman–Crippen LogP) is 6.72. The number of methoxy groups -OCH3 is 2. The van der Waals surface area contributed by atoms with Gasteiger partial charge in [0.05, 0.1) is 14.2 Å². The zero-order chi connectivity index (χ0) is 23.4. The zero-order valence-corrected chi connectivity index (χ0v) is 18.7. The summed E-state index contributed by atoms with van der Waals surface area (Å²) in [4.78, 5) is 10.8. The van der Waals surface area contributed by atoms with Crippen molar-refractivity contribution >= 4 is 22.8 Å². The lowest BCUT2D eigenvalue weighted by molar-refractivity contribution is -0.131. The van der Waals surface area contributed by atoms with Crippen LogP contribution in [0.1, 0.15) is 11.1 Å². The molecule has 0 aliphatic rings. The summed E-state index contributed by atoms with van der Waals surface area (Å²) in [5.41, 5.74) is 3.84. The van der Waals surface area contributed by atoms with E-state index in [1.807, 2.05) is 66.7 Å². The standard InChI is InChI=1S/C28H24O5/c1-18-16-21-9-14-24(32-3)17-25(21)28(27(18)20-7-12-22(31-2)13-8-20)33-23-10-4-19(5-11-23)6-15-26(29)30/h4-17H,1-3H3,(H,29,30). The second kappa shape index (κ2) is 9.49. The van der Waals surface area contributed by atoms with Gasteiger partial charge in [0.1, 0.15) is 23.0 Å². The molecule has 0 aliphatic carbocycles.